The van der Waals surface area contributed by atoms with E-state index in [1.807, 2.05) is 37.3 Å². The van der Waals surface area contributed by atoms with Crippen LogP contribution in [0.4, 0.5) is 0 Å². The van der Waals surface area contributed by atoms with Crippen molar-refractivity contribution in [3.8, 4) is 17.2 Å². The third-order valence-corrected chi connectivity index (χ3v) is 5.20. The van der Waals surface area contributed by atoms with E-state index in [0.29, 0.717) is 23.8 Å². The summed E-state index contributed by atoms with van der Waals surface area (Å²) in [5, 5.41) is 0.983. The largest absolute Gasteiger partial charge is 0.493 e. The van der Waals surface area contributed by atoms with Crippen LogP contribution in [0.5, 0.6) is 17.2 Å². The number of benzene rings is 2. The summed E-state index contributed by atoms with van der Waals surface area (Å²) in [7, 11) is 3.26. The smallest absolute Gasteiger partial charge is 0.336 e. The van der Waals surface area contributed by atoms with Crippen molar-refractivity contribution in [3.63, 3.8) is 0 Å². The molecule has 2 heterocycles. The van der Waals surface area contributed by atoms with E-state index in [9.17, 15) is 4.79 Å². The molecular formula is C22H24NO5+. The Hall–Kier alpha value is -2.99. The summed E-state index contributed by atoms with van der Waals surface area (Å²) in [6, 6.07) is 11.5. The minimum absolute atomic E-state index is 0.315. The standard InChI is InChI=1S/C22H23NO5/c1-4-15-10-21(24)28-22-16(15)6-8-18-17(22)12-23(13-27-18)11-14-5-7-19(25-2)20(9-14)26-3/h5-10H,4,11-13H2,1-3H3/p+1. The Kier molecular flexibility index (Phi) is 4.96. The first-order valence-corrected chi connectivity index (χ1v) is 9.38. The fourth-order valence-electron chi connectivity index (χ4n) is 3.80. The zero-order valence-electron chi connectivity index (χ0n) is 16.3. The van der Waals surface area contributed by atoms with Crippen molar-refractivity contribution in [1.82, 2.24) is 0 Å². The average Bonchev–Trinajstić information content (AvgIpc) is 2.72. The number of fused-ring (bicyclic) bond motifs is 3. The van der Waals surface area contributed by atoms with Gasteiger partial charge in [0.1, 0.15) is 18.8 Å². The average molecular weight is 382 g/mol. The van der Waals surface area contributed by atoms with Crippen molar-refractivity contribution in [2.45, 2.75) is 26.4 Å². The summed E-state index contributed by atoms with van der Waals surface area (Å²) >= 11 is 0. The fraction of sp³-hybridized carbons (Fsp3) is 0.318. The first-order chi connectivity index (χ1) is 13.6. The van der Waals surface area contributed by atoms with Gasteiger partial charge in [0.2, 0.25) is 6.73 Å². The van der Waals surface area contributed by atoms with E-state index in [0.717, 1.165) is 47.3 Å². The van der Waals surface area contributed by atoms with E-state index in [4.69, 9.17) is 18.6 Å². The minimum atomic E-state index is -0.315. The molecule has 0 saturated heterocycles. The number of ether oxygens (including phenoxy) is 3. The molecular weight excluding hydrogens is 358 g/mol. The lowest BCUT2D eigenvalue weighted by molar-refractivity contribution is -0.945. The molecule has 3 aromatic rings. The molecule has 2 aromatic carbocycles. The van der Waals surface area contributed by atoms with Gasteiger partial charge in [0.15, 0.2) is 17.1 Å². The zero-order valence-corrected chi connectivity index (χ0v) is 16.3. The Morgan fingerprint density at radius 3 is 2.64 bits per heavy atom. The first kappa shape index (κ1) is 18.4. The minimum Gasteiger partial charge on any atom is -0.493 e. The molecule has 0 aliphatic carbocycles. The van der Waals surface area contributed by atoms with Crippen LogP contribution in [0.1, 0.15) is 23.6 Å². The molecule has 1 atom stereocenters. The van der Waals surface area contributed by atoms with Gasteiger partial charge in [0.25, 0.3) is 0 Å². The monoisotopic (exact) mass is 382 g/mol. The van der Waals surface area contributed by atoms with Crippen LogP contribution < -0.4 is 24.7 Å². The summed E-state index contributed by atoms with van der Waals surface area (Å²) in [5.41, 5.74) is 3.40. The second kappa shape index (κ2) is 7.56. The van der Waals surface area contributed by atoms with Crippen molar-refractivity contribution in [2.75, 3.05) is 21.0 Å². The van der Waals surface area contributed by atoms with Crippen molar-refractivity contribution in [3.05, 3.63) is 63.5 Å². The molecule has 0 amide bonds. The lowest BCUT2D eigenvalue weighted by atomic mass is 10.0. The molecule has 1 aliphatic rings. The van der Waals surface area contributed by atoms with Gasteiger partial charge in [-0.25, -0.2) is 4.79 Å². The zero-order chi connectivity index (χ0) is 19.7. The molecule has 0 fully saturated rings. The predicted molar refractivity (Wildman–Crippen MR) is 105 cm³/mol. The van der Waals surface area contributed by atoms with Gasteiger partial charge in [-0.3, -0.25) is 4.90 Å². The van der Waals surface area contributed by atoms with Crippen molar-refractivity contribution >= 4 is 11.0 Å². The van der Waals surface area contributed by atoms with E-state index < -0.39 is 0 Å². The Morgan fingerprint density at radius 1 is 1.07 bits per heavy atom. The van der Waals surface area contributed by atoms with Crippen LogP contribution in [0.15, 0.2) is 45.6 Å². The summed E-state index contributed by atoms with van der Waals surface area (Å²) < 4.78 is 22.3. The Balaban J connectivity index is 1.66. The highest BCUT2D eigenvalue weighted by Crippen LogP contribution is 2.31. The quantitative estimate of drug-likeness (QED) is 0.686. The molecule has 1 aromatic heterocycles. The number of aryl methyl sites for hydroxylation is 1. The Labute approximate surface area is 163 Å². The SMILES string of the molecule is CCc1cc(=O)oc2c3c(ccc12)OC[NH+](Cc1ccc(OC)c(OC)c1)C3. The summed E-state index contributed by atoms with van der Waals surface area (Å²) in [6.07, 6.45) is 0.782. The third kappa shape index (κ3) is 3.31. The molecule has 0 spiro atoms. The van der Waals surface area contributed by atoms with Crippen molar-refractivity contribution < 1.29 is 23.5 Å². The Bertz CT molecular complexity index is 1070. The van der Waals surface area contributed by atoms with E-state index in [2.05, 4.69) is 0 Å². The molecule has 1 N–H and O–H groups in total. The molecule has 0 bridgehead atoms. The van der Waals surface area contributed by atoms with E-state index in [1.54, 1.807) is 20.3 Å². The number of rotatable bonds is 5. The molecule has 1 unspecified atom stereocenters. The molecule has 6 nitrogen and oxygen atoms in total. The molecule has 4 rings (SSSR count). The summed E-state index contributed by atoms with van der Waals surface area (Å²) in [5.74, 6) is 2.21. The highest BCUT2D eigenvalue weighted by atomic mass is 16.5. The van der Waals surface area contributed by atoms with Crippen LogP contribution in [0.25, 0.3) is 11.0 Å². The highest BCUT2D eigenvalue weighted by molar-refractivity contribution is 5.85. The van der Waals surface area contributed by atoms with Gasteiger partial charge in [-0.1, -0.05) is 6.92 Å². The molecule has 28 heavy (non-hydrogen) atoms. The first-order valence-electron chi connectivity index (χ1n) is 9.38. The molecule has 6 heteroatoms. The number of hydrogen-bond donors (Lipinski definition) is 1. The van der Waals surface area contributed by atoms with Gasteiger partial charge in [-0.2, -0.15) is 0 Å². The molecule has 1 aliphatic heterocycles. The molecule has 146 valence electrons. The molecule has 0 saturated carbocycles. The van der Waals surface area contributed by atoms with Crippen molar-refractivity contribution in [2.24, 2.45) is 0 Å². The maximum absolute atomic E-state index is 12.0. The number of hydrogen-bond acceptors (Lipinski definition) is 5. The van der Waals surface area contributed by atoms with E-state index >= 15 is 0 Å². The topological polar surface area (TPSA) is 62.3 Å². The van der Waals surface area contributed by atoms with Crippen LogP contribution in [0, 0.1) is 0 Å². The van der Waals surface area contributed by atoms with Gasteiger partial charge in [0, 0.05) is 17.0 Å². The van der Waals surface area contributed by atoms with Gasteiger partial charge in [-0.15, -0.1) is 0 Å². The van der Waals surface area contributed by atoms with Crippen molar-refractivity contribution in [1.29, 1.82) is 0 Å². The second-order valence-electron chi connectivity index (χ2n) is 6.94. The Morgan fingerprint density at radius 2 is 1.89 bits per heavy atom. The predicted octanol–water partition coefficient (Wildman–Crippen LogP) is 2.31. The number of nitrogens with one attached hydrogen (secondary N) is 1. The van der Waals surface area contributed by atoms with Gasteiger partial charge in [-0.05, 0) is 42.3 Å². The van der Waals surface area contributed by atoms with Gasteiger partial charge < -0.3 is 18.6 Å². The second-order valence-corrected chi connectivity index (χ2v) is 6.94. The highest BCUT2D eigenvalue weighted by Gasteiger charge is 2.25. The number of methoxy groups -OCH3 is 2. The maximum Gasteiger partial charge on any atom is 0.336 e. The van der Waals surface area contributed by atoms with Crippen LogP contribution >= 0.6 is 0 Å². The lowest BCUT2D eigenvalue weighted by Crippen LogP contribution is -3.10. The summed E-state index contributed by atoms with van der Waals surface area (Å²) in [4.78, 5) is 13.2. The maximum atomic E-state index is 12.0. The van der Waals surface area contributed by atoms with Crippen LogP contribution in [0.2, 0.25) is 0 Å². The lowest BCUT2D eigenvalue weighted by Gasteiger charge is -2.27. The van der Waals surface area contributed by atoms with Crippen LogP contribution in [0.3, 0.4) is 0 Å². The van der Waals surface area contributed by atoms with E-state index in [-0.39, 0.29) is 5.63 Å². The fourth-order valence-corrected chi connectivity index (χ4v) is 3.80. The van der Waals surface area contributed by atoms with E-state index in [1.165, 1.54) is 4.90 Å². The van der Waals surface area contributed by atoms with Gasteiger partial charge in [0.05, 0.1) is 19.8 Å². The van der Waals surface area contributed by atoms with Crippen LogP contribution in [-0.4, -0.2) is 21.0 Å². The summed E-state index contributed by atoms with van der Waals surface area (Å²) in [6.45, 7) is 4.06. The normalized spacial score (nSPS) is 15.8. The van der Waals surface area contributed by atoms with Gasteiger partial charge >= 0.3 is 5.63 Å². The number of quaternary nitrogens is 1. The van der Waals surface area contributed by atoms with Crippen LogP contribution in [-0.2, 0) is 19.5 Å². The molecule has 0 radical (unpaired) electrons. The third-order valence-electron chi connectivity index (χ3n) is 5.20.